The van der Waals surface area contributed by atoms with E-state index in [0.29, 0.717) is 4.91 Å². The number of rotatable bonds is 3. The Labute approximate surface area is 51.4 Å². The Morgan fingerprint density at radius 1 is 1.88 bits per heavy atom. The lowest BCUT2D eigenvalue weighted by molar-refractivity contribution is -0.194. The molecular weight excluding hydrogens is 130 g/mol. The highest BCUT2D eigenvalue weighted by Crippen LogP contribution is 2.13. The van der Waals surface area contributed by atoms with E-state index >= 15 is 0 Å². The first-order valence-electron chi connectivity index (χ1n) is 1.82. The summed E-state index contributed by atoms with van der Waals surface area (Å²) in [5, 5.41) is 8.20. The molecule has 0 saturated heterocycles. The third-order valence-electron chi connectivity index (χ3n) is 0.387. The Morgan fingerprint density at radius 3 is 2.88 bits per heavy atom. The summed E-state index contributed by atoms with van der Waals surface area (Å²) in [4.78, 5) is 4.29. The van der Waals surface area contributed by atoms with Crippen molar-refractivity contribution in [2.24, 2.45) is 5.90 Å². The predicted octanol–water partition coefficient (Wildman–Crippen LogP) is 0.876. The quantitative estimate of drug-likeness (QED) is 0.261. The van der Waals surface area contributed by atoms with Gasteiger partial charge in [-0.2, -0.15) is 5.90 Å². The molecule has 0 aliphatic carbocycles. The SMILES string of the molecule is C/C(=C\O)SOON. The van der Waals surface area contributed by atoms with Gasteiger partial charge in [0.1, 0.15) is 0 Å². The van der Waals surface area contributed by atoms with Crippen LogP contribution in [0.2, 0.25) is 0 Å². The Hall–Kier alpha value is -0.230. The maximum absolute atomic E-state index is 8.20. The average molecular weight is 137 g/mol. The van der Waals surface area contributed by atoms with Gasteiger partial charge in [-0.1, -0.05) is 0 Å². The third kappa shape index (κ3) is 3.94. The molecule has 0 fully saturated rings. The van der Waals surface area contributed by atoms with E-state index in [1.807, 2.05) is 0 Å². The largest absolute Gasteiger partial charge is 0.515 e. The highest BCUT2D eigenvalue weighted by molar-refractivity contribution is 7.98. The zero-order chi connectivity index (χ0) is 6.41. The van der Waals surface area contributed by atoms with Gasteiger partial charge in [-0.15, -0.1) is 9.32 Å². The number of nitrogens with two attached hydrogens (primary N) is 1. The molecule has 0 spiro atoms. The van der Waals surface area contributed by atoms with Gasteiger partial charge in [-0.3, -0.25) is 0 Å². The summed E-state index contributed by atoms with van der Waals surface area (Å²) in [6, 6.07) is 0. The van der Waals surface area contributed by atoms with Crippen LogP contribution in [0.5, 0.6) is 0 Å². The minimum absolute atomic E-state index is 0.565. The van der Waals surface area contributed by atoms with Crippen molar-refractivity contribution in [2.45, 2.75) is 6.92 Å². The minimum atomic E-state index is 0.565. The van der Waals surface area contributed by atoms with Crippen molar-refractivity contribution in [3.05, 3.63) is 11.2 Å². The highest BCUT2D eigenvalue weighted by atomic mass is 32.2. The van der Waals surface area contributed by atoms with E-state index in [9.17, 15) is 0 Å². The normalized spacial score (nSPS) is 12.0. The molecule has 48 valence electrons. The molecule has 0 atom stereocenters. The molecule has 0 aliphatic heterocycles. The van der Waals surface area contributed by atoms with Gasteiger partial charge in [-0.05, 0) is 6.92 Å². The van der Waals surface area contributed by atoms with Crippen molar-refractivity contribution in [2.75, 3.05) is 0 Å². The van der Waals surface area contributed by atoms with Crippen molar-refractivity contribution in [3.63, 3.8) is 0 Å². The van der Waals surface area contributed by atoms with Gasteiger partial charge >= 0.3 is 0 Å². The fraction of sp³-hybridized carbons (Fsp3) is 0.333. The third-order valence-corrected chi connectivity index (χ3v) is 0.901. The number of aliphatic hydroxyl groups is 1. The molecule has 5 heteroatoms. The lowest BCUT2D eigenvalue weighted by Crippen LogP contribution is -1.93. The van der Waals surface area contributed by atoms with Gasteiger partial charge in [-0.25, -0.2) is 0 Å². The molecule has 8 heavy (non-hydrogen) atoms. The minimum Gasteiger partial charge on any atom is -0.515 e. The van der Waals surface area contributed by atoms with Crippen LogP contribution >= 0.6 is 12.0 Å². The smallest absolute Gasteiger partial charge is 0.0908 e. The average Bonchev–Trinajstić information content (AvgIpc) is 1.83. The van der Waals surface area contributed by atoms with Crippen molar-refractivity contribution in [1.82, 2.24) is 0 Å². The van der Waals surface area contributed by atoms with E-state index in [2.05, 4.69) is 15.2 Å². The van der Waals surface area contributed by atoms with Gasteiger partial charge in [0.2, 0.25) is 0 Å². The van der Waals surface area contributed by atoms with Gasteiger partial charge < -0.3 is 5.11 Å². The highest BCUT2D eigenvalue weighted by Gasteiger charge is 1.88. The van der Waals surface area contributed by atoms with Gasteiger partial charge in [0.15, 0.2) is 0 Å². The first kappa shape index (κ1) is 7.77. The summed E-state index contributed by atoms with van der Waals surface area (Å²) in [6.07, 6.45) is 0.893. The zero-order valence-corrected chi connectivity index (χ0v) is 5.14. The summed E-state index contributed by atoms with van der Waals surface area (Å²) < 4.78 is 4.15. The van der Waals surface area contributed by atoms with Crippen molar-refractivity contribution < 1.29 is 14.4 Å². The van der Waals surface area contributed by atoms with Crippen LogP contribution in [-0.2, 0) is 9.32 Å². The Kier molecular flexibility index (Phi) is 4.78. The van der Waals surface area contributed by atoms with Crippen molar-refractivity contribution in [3.8, 4) is 0 Å². The summed E-state index contributed by atoms with van der Waals surface area (Å²) in [5.41, 5.74) is 0. The molecule has 0 unspecified atom stereocenters. The predicted molar refractivity (Wildman–Crippen MR) is 30.3 cm³/mol. The summed E-state index contributed by atoms with van der Waals surface area (Å²) in [6.45, 7) is 1.64. The number of hydrogen-bond donors (Lipinski definition) is 2. The van der Waals surface area contributed by atoms with Crippen LogP contribution < -0.4 is 5.90 Å². The number of aliphatic hydroxyl groups excluding tert-OH is 1. The standard InChI is InChI=1S/C3H7NO3S/c1-3(2-5)8-7-6-4/h2,5H,4H2,1H3/b3-2+. The van der Waals surface area contributed by atoms with Crippen LogP contribution in [0.15, 0.2) is 11.2 Å². The number of hydrogen-bond acceptors (Lipinski definition) is 5. The topological polar surface area (TPSA) is 64.7 Å². The molecule has 3 N–H and O–H groups in total. The summed E-state index contributed by atoms with van der Waals surface area (Å²) >= 11 is 0.840. The lowest BCUT2D eigenvalue weighted by atomic mass is 10.7. The second-order valence-electron chi connectivity index (χ2n) is 0.987. The van der Waals surface area contributed by atoms with Gasteiger partial charge in [0.05, 0.1) is 18.3 Å². The molecule has 0 saturated carbocycles. The maximum atomic E-state index is 8.20. The van der Waals surface area contributed by atoms with Crippen LogP contribution in [0.3, 0.4) is 0 Å². The molecule has 0 radical (unpaired) electrons. The van der Waals surface area contributed by atoms with E-state index in [0.717, 1.165) is 18.3 Å². The van der Waals surface area contributed by atoms with Crippen LogP contribution in [-0.4, -0.2) is 5.11 Å². The molecule has 0 amide bonds. The Bertz CT molecular complexity index is 84.6. The van der Waals surface area contributed by atoms with Crippen LogP contribution in [0, 0.1) is 0 Å². The molecule has 0 heterocycles. The molecule has 0 rings (SSSR count). The molecule has 0 aromatic heterocycles. The Balaban J connectivity index is 3.12. The van der Waals surface area contributed by atoms with E-state index in [4.69, 9.17) is 5.11 Å². The van der Waals surface area contributed by atoms with E-state index in [1.165, 1.54) is 0 Å². The maximum Gasteiger partial charge on any atom is 0.0908 e. The number of allylic oxidation sites excluding steroid dienone is 1. The van der Waals surface area contributed by atoms with Gasteiger partial charge in [0.25, 0.3) is 0 Å². The van der Waals surface area contributed by atoms with Crippen LogP contribution in [0.25, 0.3) is 0 Å². The summed E-state index contributed by atoms with van der Waals surface area (Å²) in [7, 11) is 0. The second-order valence-corrected chi connectivity index (χ2v) is 1.93. The molecule has 0 aromatic carbocycles. The van der Waals surface area contributed by atoms with E-state index < -0.39 is 0 Å². The van der Waals surface area contributed by atoms with Crippen molar-refractivity contribution in [1.29, 1.82) is 0 Å². The fourth-order valence-corrected chi connectivity index (χ4v) is 0.284. The molecule has 0 bridgehead atoms. The van der Waals surface area contributed by atoms with Crippen LogP contribution in [0.4, 0.5) is 0 Å². The molecule has 4 nitrogen and oxygen atoms in total. The van der Waals surface area contributed by atoms with E-state index in [1.54, 1.807) is 6.92 Å². The van der Waals surface area contributed by atoms with Crippen LogP contribution in [0.1, 0.15) is 6.92 Å². The molecular formula is C3H7NO3S. The first-order chi connectivity index (χ1) is 3.81. The Morgan fingerprint density at radius 2 is 2.50 bits per heavy atom. The lowest BCUT2D eigenvalue weighted by Gasteiger charge is -1.92. The zero-order valence-electron chi connectivity index (χ0n) is 4.33. The van der Waals surface area contributed by atoms with Crippen molar-refractivity contribution >= 4 is 12.0 Å². The first-order valence-corrected chi connectivity index (χ1v) is 2.56. The summed E-state index contributed by atoms with van der Waals surface area (Å²) in [5.74, 6) is 4.48. The second kappa shape index (κ2) is 4.92. The van der Waals surface area contributed by atoms with Gasteiger partial charge in [0, 0.05) is 4.91 Å². The molecule has 0 aromatic rings. The monoisotopic (exact) mass is 137 g/mol. The fourth-order valence-electron chi connectivity index (χ4n) is 0.0948. The van der Waals surface area contributed by atoms with E-state index in [-0.39, 0.29) is 0 Å². The molecule has 0 aliphatic rings.